The van der Waals surface area contributed by atoms with E-state index in [4.69, 9.17) is 14.6 Å². The quantitative estimate of drug-likeness (QED) is 0.818. The molecule has 1 aliphatic heterocycles. The molecular weight excluding hydrogens is 238 g/mol. The zero-order valence-corrected chi connectivity index (χ0v) is 10.1. The summed E-state index contributed by atoms with van der Waals surface area (Å²) in [5.74, 6) is 0.170. The summed E-state index contributed by atoms with van der Waals surface area (Å²) in [5.41, 5.74) is 0. The predicted octanol–water partition coefficient (Wildman–Crippen LogP) is 0.165. The average molecular weight is 253 g/mol. The fourth-order valence-electron chi connectivity index (χ4n) is 1.90. The van der Waals surface area contributed by atoms with Crippen LogP contribution < -0.4 is 9.64 Å². The number of nitrogens with zero attached hydrogens (tertiary/aromatic N) is 3. The number of hydrogen-bond donors (Lipinski definition) is 1. The van der Waals surface area contributed by atoms with Gasteiger partial charge in [-0.3, -0.25) is 9.78 Å². The molecule has 1 unspecified atom stereocenters. The molecule has 1 aromatic rings. The molecule has 1 fully saturated rings. The van der Waals surface area contributed by atoms with Gasteiger partial charge in [0, 0.05) is 6.54 Å². The third kappa shape index (κ3) is 2.86. The van der Waals surface area contributed by atoms with E-state index in [9.17, 15) is 4.79 Å². The van der Waals surface area contributed by atoms with Gasteiger partial charge in [-0.1, -0.05) is 0 Å². The van der Waals surface area contributed by atoms with Crippen molar-refractivity contribution in [3.63, 3.8) is 0 Å². The van der Waals surface area contributed by atoms with Crippen molar-refractivity contribution in [2.75, 3.05) is 31.8 Å². The number of carboxylic acid groups (broad SMARTS) is 1. The molecule has 0 aliphatic carbocycles. The van der Waals surface area contributed by atoms with Crippen LogP contribution >= 0.6 is 0 Å². The number of aliphatic carboxylic acids is 1. The standard InChI is InChI=1S/C11H15N3O4/c1-17-10-6-12-5-9(13-10)14-2-3-18-7-8(14)4-11(15)16/h5-6,8H,2-4,7H2,1H3,(H,15,16). The van der Waals surface area contributed by atoms with Crippen LogP contribution in [0.15, 0.2) is 12.4 Å². The Morgan fingerprint density at radius 3 is 3.22 bits per heavy atom. The highest BCUT2D eigenvalue weighted by molar-refractivity contribution is 5.68. The molecule has 1 atom stereocenters. The molecule has 0 amide bonds. The van der Waals surface area contributed by atoms with Crippen LogP contribution in [0.5, 0.6) is 5.88 Å². The van der Waals surface area contributed by atoms with Crippen molar-refractivity contribution in [1.29, 1.82) is 0 Å². The topological polar surface area (TPSA) is 84.8 Å². The van der Waals surface area contributed by atoms with E-state index < -0.39 is 5.97 Å². The maximum Gasteiger partial charge on any atom is 0.305 e. The first-order valence-electron chi connectivity index (χ1n) is 5.63. The van der Waals surface area contributed by atoms with Crippen LogP contribution in [0.4, 0.5) is 5.82 Å². The highest BCUT2D eigenvalue weighted by Crippen LogP contribution is 2.20. The Hall–Kier alpha value is -1.89. The number of carboxylic acids is 1. The summed E-state index contributed by atoms with van der Waals surface area (Å²) >= 11 is 0. The van der Waals surface area contributed by atoms with Crippen molar-refractivity contribution < 1.29 is 19.4 Å². The highest BCUT2D eigenvalue weighted by Gasteiger charge is 2.26. The van der Waals surface area contributed by atoms with Crippen molar-refractivity contribution in [3.05, 3.63) is 12.4 Å². The molecule has 98 valence electrons. The van der Waals surface area contributed by atoms with Crippen LogP contribution in [0.25, 0.3) is 0 Å². The second-order valence-electron chi connectivity index (χ2n) is 3.94. The molecule has 7 heteroatoms. The Bertz CT molecular complexity index is 427. The van der Waals surface area contributed by atoms with E-state index >= 15 is 0 Å². The van der Waals surface area contributed by atoms with Gasteiger partial charge in [-0.25, -0.2) is 0 Å². The van der Waals surface area contributed by atoms with Crippen LogP contribution in [0.3, 0.4) is 0 Å². The van der Waals surface area contributed by atoms with Crippen molar-refractivity contribution in [2.45, 2.75) is 12.5 Å². The molecule has 0 bridgehead atoms. The maximum absolute atomic E-state index is 10.8. The van der Waals surface area contributed by atoms with E-state index in [1.165, 1.54) is 13.3 Å². The first-order valence-corrected chi connectivity index (χ1v) is 5.63. The van der Waals surface area contributed by atoms with Gasteiger partial charge in [0.25, 0.3) is 0 Å². The van der Waals surface area contributed by atoms with Gasteiger partial charge in [0.15, 0.2) is 5.82 Å². The second-order valence-corrected chi connectivity index (χ2v) is 3.94. The normalized spacial score (nSPS) is 19.6. The van der Waals surface area contributed by atoms with E-state index in [-0.39, 0.29) is 12.5 Å². The van der Waals surface area contributed by atoms with Crippen molar-refractivity contribution >= 4 is 11.8 Å². The molecule has 18 heavy (non-hydrogen) atoms. The molecule has 0 spiro atoms. The zero-order valence-electron chi connectivity index (χ0n) is 10.1. The van der Waals surface area contributed by atoms with Gasteiger partial charge in [0.1, 0.15) is 0 Å². The van der Waals surface area contributed by atoms with Crippen LogP contribution in [0, 0.1) is 0 Å². The third-order valence-electron chi connectivity index (χ3n) is 2.74. The van der Waals surface area contributed by atoms with Crippen LogP contribution in [-0.4, -0.2) is 54.0 Å². The number of morpholine rings is 1. The molecule has 1 aliphatic rings. The first kappa shape index (κ1) is 12.6. The fourth-order valence-corrected chi connectivity index (χ4v) is 1.90. The van der Waals surface area contributed by atoms with E-state index in [0.29, 0.717) is 31.5 Å². The maximum atomic E-state index is 10.8. The third-order valence-corrected chi connectivity index (χ3v) is 2.74. The number of aromatic nitrogens is 2. The summed E-state index contributed by atoms with van der Waals surface area (Å²) < 4.78 is 10.3. The largest absolute Gasteiger partial charge is 0.481 e. The first-order chi connectivity index (χ1) is 8.70. The minimum absolute atomic E-state index is 0.0128. The van der Waals surface area contributed by atoms with E-state index in [0.717, 1.165) is 0 Å². The van der Waals surface area contributed by atoms with E-state index in [1.54, 1.807) is 6.20 Å². The van der Waals surface area contributed by atoms with Gasteiger partial charge in [-0.2, -0.15) is 4.98 Å². The number of carbonyl (C=O) groups is 1. The predicted molar refractivity (Wildman–Crippen MR) is 62.8 cm³/mol. The summed E-state index contributed by atoms with van der Waals surface area (Å²) in [6, 6.07) is -0.224. The van der Waals surface area contributed by atoms with Gasteiger partial charge in [-0.05, 0) is 0 Å². The molecule has 0 saturated carbocycles. The van der Waals surface area contributed by atoms with E-state index in [1.807, 2.05) is 4.90 Å². The molecule has 0 radical (unpaired) electrons. The lowest BCUT2D eigenvalue weighted by atomic mass is 10.1. The van der Waals surface area contributed by atoms with Crippen molar-refractivity contribution in [3.8, 4) is 5.88 Å². The van der Waals surface area contributed by atoms with Gasteiger partial charge < -0.3 is 19.5 Å². The number of ether oxygens (including phenoxy) is 2. The zero-order chi connectivity index (χ0) is 13.0. The minimum atomic E-state index is -0.855. The Morgan fingerprint density at radius 2 is 2.50 bits per heavy atom. The number of hydrogen-bond acceptors (Lipinski definition) is 6. The number of anilines is 1. The molecule has 1 N–H and O–H groups in total. The highest BCUT2D eigenvalue weighted by atomic mass is 16.5. The molecule has 2 heterocycles. The lowest BCUT2D eigenvalue weighted by Gasteiger charge is -2.35. The molecule has 1 saturated heterocycles. The van der Waals surface area contributed by atoms with Crippen LogP contribution in [-0.2, 0) is 9.53 Å². The lowest BCUT2D eigenvalue weighted by Crippen LogP contribution is -2.47. The van der Waals surface area contributed by atoms with Gasteiger partial charge in [0.05, 0.1) is 45.2 Å². The summed E-state index contributed by atoms with van der Waals surface area (Å²) in [6.07, 6.45) is 3.12. The summed E-state index contributed by atoms with van der Waals surface area (Å²) in [6.45, 7) is 1.53. The fraction of sp³-hybridized carbons (Fsp3) is 0.545. The van der Waals surface area contributed by atoms with Crippen molar-refractivity contribution in [2.24, 2.45) is 0 Å². The summed E-state index contributed by atoms with van der Waals surface area (Å²) in [7, 11) is 1.52. The van der Waals surface area contributed by atoms with Crippen molar-refractivity contribution in [1.82, 2.24) is 9.97 Å². The Kier molecular flexibility index (Phi) is 3.93. The molecule has 0 aromatic carbocycles. The van der Waals surface area contributed by atoms with Crippen LogP contribution in [0.1, 0.15) is 6.42 Å². The van der Waals surface area contributed by atoms with Crippen LogP contribution in [0.2, 0.25) is 0 Å². The average Bonchev–Trinajstić information content (AvgIpc) is 2.39. The second kappa shape index (κ2) is 5.63. The van der Waals surface area contributed by atoms with Gasteiger partial charge >= 0.3 is 5.97 Å². The Morgan fingerprint density at radius 1 is 1.67 bits per heavy atom. The molecule has 1 aromatic heterocycles. The molecular formula is C11H15N3O4. The molecule has 7 nitrogen and oxygen atoms in total. The SMILES string of the molecule is COc1cncc(N2CCOCC2CC(=O)O)n1. The molecule has 2 rings (SSSR count). The Labute approximate surface area is 104 Å². The number of rotatable bonds is 4. The van der Waals surface area contributed by atoms with E-state index in [2.05, 4.69) is 9.97 Å². The van der Waals surface area contributed by atoms with Gasteiger partial charge in [-0.15, -0.1) is 0 Å². The minimum Gasteiger partial charge on any atom is -0.481 e. The summed E-state index contributed by atoms with van der Waals surface area (Å²) in [5, 5.41) is 8.89. The number of methoxy groups -OCH3 is 1. The summed E-state index contributed by atoms with van der Waals surface area (Å²) in [4.78, 5) is 21.0. The lowest BCUT2D eigenvalue weighted by molar-refractivity contribution is -0.138. The van der Waals surface area contributed by atoms with Gasteiger partial charge in [0.2, 0.25) is 5.88 Å². The Balaban J connectivity index is 2.19. The smallest absolute Gasteiger partial charge is 0.305 e. The monoisotopic (exact) mass is 253 g/mol.